The van der Waals surface area contributed by atoms with Gasteiger partial charge in [0.1, 0.15) is 17.0 Å². The summed E-state index contributed by atoms with van der Waals surface area (Å²) in [5, 5.41) is 13.3. The highest BCUT2D eigenvalue weighted by molar-refractivity contribution is 7.63. The molecule has 0 aliphatic carbocycles. The van der Waals surface area contributed by atoms with E-state index in [1.165, 1.54) is 12.1 Å². The van der Waals surface area contributed by atoms with Crippen molar-refractivity contribution in [3.05, 3.63) is 76.6 Å². The number of fused-ring (bicyclic) bond motifs is 1. The molecule has 1 aromatic carbocycles. The summed E-state index contributed by atoms with van der Waals surface area (Å²) in [5.41, 5.74) is 3.26. The van der Waals surface area contributed by atoms with E-state index in [4.69, 9.17) is 11.6 Å². The second-order valence-electron chi connectivity index (χ2n) is 7.77. The van der Waals surface area contributed by atoms with Crippen LogP contribution >= 0.6 is 19.5 Å². The molecule has 3 heterocycles. The summed E-state index contributed by atoms with van der Waals surface area (Å²) in [4.78, 5) is 13.3. The Balaban J connectivity index is 1.86. The van der Waals surface area contributed by atoms with E-state index in [1.54, 1.807) is 37.4 Å². The van der Waals surface area contributed by atoms with Crippen LogP contribution in [-0.2, 0) is 0 Å². The van der Waals surface area contributed by atoms with Gasteiger partial charge in [0.05, 0.1) is 40.0 Å². The number of hydrogen-bond donors (Lipinski definition) is 2. The number of nitrogens with zero attached hydrogens (tertiary/aromatic N) is 3. The summed E-state index contributed by atoms with van der Waals surface area (Å²) in [6.07, 6.45) is 1.60. The molecule has 0 bridgehead atoms. The van der Waals surface area contributed by atoms with Gasteiger partial charge in [0.2, 0.25) is 0 Å². The van der Waals surface area contributed by atoms with Crippen LogP contribution in [0.1, 0.15) is 17.3 Å². The molecule has 0 radical (unpaired) electrons. The number of nitrogens with one attached hydrogen (secondary N) is 1. The number of aromatic nitrogens is 3. The van der Waals surface area contributed by atoms with Gasteiger partial charge >= 0.3 is 0 Å². The van der Waals surface area contributed by atoms with Crippen LogP contribution in [0.15, 0.2) is 48.7 Å². The molecule has 5 nitrogen and oxygen atoms in total. The minimum Gasteiger partial charge on any atom is -0.394 e. The highest BCUT2D eigenvalue weighted by atomic mass is 35.5. The Kier molecular flexibility index (Phi) is 6.84. The first-order valence-electron chi connectivity index (χ1n) is 10.2. The number of aliphatic hydroxyl groups excluding tert-OH is 1. The first-order valence-corrected chi connectivity index (χ1v) is 12.8. The average molecular weight is 487 g/mol. The van der Waals surface area contributed by atoms with Gasteiger partial charge in [-0.15, -0.1) is 0 Å². The lowest BCUT2D eigenvalue weighted by Crippen LogP contribution is -2.17. The summed E-state index contributed by atoms with van der Waals surface area (Å²) in [6.45, 7) is 5.48. The van der Waals surface area contributed by atoms with Crippen LogP contribution < -0.4 is 10.8 Å². The summed E-state index contributed by atoms with van der Waals surface area (Å²) >= 11 is 6.55. The van der Waals surface area contributed by atoms with Gasteiger partial charge in [-0.2, -0.15) is 0 Å². The molecule has 0 aliphatic heterocycles. The Morgan fingerprint density at radius 1 is 1.09 bits per heavy atom. The number of benzene rings is 1. The third-order valence-corrected chi connectivity index (χ3v) is 6.92. The third-order valence-electron chi connectivity index (χ3n) is 5.28. The van der Waals surface area contributed by atoms with E-state index in [2.05, 4.69) is 33.6 Å². The number of aliphatic hydroxyl groups is 1. The molecule has 0 saturated carbocycles. The molecule has 1 atom stereocenters. The summed E-state index contributed by atoms with van der Waals surface area (Å²) in [5.74, 6) is -1.01. The molecule has 4 rings (SSSR count). The van der Waals surface area contributed by atoms with E-state index in [-0.39, 0.29) is 24.2 Å². The van der Waals surface area contributed by atoms with E-state index in [9.17, 15) is 9.50 Å². The molecule has 0 fully saturated rings. The molecule has 0 saturated heterocycles. The van der Waals surface area contributed by atoms with E-state index in [0.717, 1.165) is 5.44 Å². The first kappa shape index (κ1) is 23.4. The van der Waals surface area contributed by atoms with Crippen molar-refractivity contribution in [3.63, 3.8) is 0 Å². The summed E-state index contributed by atoms with van der Waals surface area (Å²) in [6, 6.07) is 10.3. The van der Waals surface area contributed by atoms with Crippen molar-refractivity contribution in [2.24, 2.45) is 0 Å². The van der Waals surface area contributed by atoms with Gasteiger partial charge in [-0.3, -0.25) is 4.98 Å². The fourth-order valence-electron chi connectivity index (χ4n) is 3.54. The number of hydrogen-bond acceptors (Lipinski definition) is 5. The highest BCUT2D eigenvalue weighted by Gasteiger charge is 2.21. The van der Waals surface area contributed by atoms with Crippen LogP contribution in [0.2, 0.25) is 5.02 Å². The molecule has 170 valence electrons. The van der Waals surface area contributed by atoms with Crippen LogP contribution in [0.3, 0.4) is 0 Å². The Bertz CT molecular complexity index is 1320. The number of aryl methyl sites for hydroxylation is 1. The Labute approximate surface area is 196 Å². The van der Waals surface area contributed by atoms with Crippen molar-refractivity contribution in [2.45, 2.75) is 13.0 Å². The third kappa shape index (κ3) is 4.67. The van der Waals surface area contributed by atoms with Gasteiger partial charge in [0.25, 0.3) is 0 Å². The van der Waals surface area contributed by atoms with Gasteiger partial charge in [-0.25, -0.2) is 18.7 Å². The van der Waals surface area contributed by atoms with Gasteiger partial charge in [0.15, 0.2) is 5.82 Å². The molecule has 9 heteroatoms. The van der Waals surface area contributed by atoms with Crippen molar-refractivity contribution < 1.29 is 13.9 Å². The molecule has 2 N–H and O–H groups in total. The van der Waals surface area contributed by atoms with E-state index in [1.807, 2.05) is 6.07 Å². The lowest BCUT2D eigenvalue weighted by atomic mass is 10.1. The van der Waals surface area contributed by atoms with Gasteiger partial charge in [-0.1, -0.05) is 37.7 Å². The van der Waals surface area contributed by atoms with Crippen LogP contribution in [0.5, 0.6) is 0 Å². The summed E-state index contributed by atoms with van der Waals surface area (Å²) in [7, 11) is -0.380. The molecule has 1 unspecified atom stereocenters. The van der Waals surface area contributed by atoms with Crippen molar-refractivity contribution in [3.8, 4) is 11.3 Å². The molecular formula is C24H22ClF2N4OP. The minimum atomic E-state index is -0.793. The predicted molar refractivity (Wildman–Crippen MR) is 131 cm³/mol. The maximum Gasteiger partial charge on any atom is 0.151 e. The zero-order valence-electron chi connectivity index (χ0n) is 18.3. The average Bonchev–Trinajstić information content (AvgIpc) is 2.80. The second-order valence-corrected chi connectivity index (χ2v) is 10.4. The lowest BCUT2D eigenvalue weighted by Gasteiger charge is -2.21. The second kappa shape index (κ2) is 9.64. The Hall–Kier alpha value is -2.73. The van der Waals surface area contributed by atoms with Gasteiger partial charge < -0.3 is 10.4 Å². The van der Waals surface area contributed by atoms with Crippen molar-refractivity contribution in [1.29, 1.82) is 0 Å². The van der Waals surface area contributed by atoms with E-state index in [0.29, 0.717) is 28.0 Å². The van der Waals surface area contributed by atoms with Gasteiger partial charge in [0, 0.05) is 23.4 Å². The Morgan fingerprint density at radius 3 is 2.48 bits per heavy atom. The smallest absolute Gasteiger partial charge is 0.151 e. The maximum absolute atomic E-state index is 15.0. The molecule has 33 heavy (non-hydrogen) atoms. The molecule has 0 amide bonds. The van der Waals surface area contributed by atoms with Crippen LogP contribution in [0, 0.1) is 18.6 Å². The van der Waals surface area contributed by atoms with E-state index >= 15 is 4.39 Å². The van der Waals surface area contributed by atoms with Crippen molar-refractivity contribution in [2.75, 3.05) is 25.3 Å². The largest absolute Gasteiger partial charge is 0.394 e. The number of rotatable bonds is 6. The molecule has 0 spiro atoms. The zero-order chi connectivity index (χ0) is 23.7. The van der Waals surface area contributed by atoms with Crippen LogP contribution in [0.4, 0.5) is 14.5 Å². The Morgan fingerprint density at radius 2 is 1.85 bits per heavy atom. The maximum atomic E-state index is 15.0. The predicted octanol–water partition coefficient (Wildman–Crippen LogP) is 5.44. The standard InChI is InChI=1S/C24H22ClF2N4OP/c1-13-21(25)24(30-19(12-32)15-6-4-5-7-16(15)26)23-18(29-13)10-17(27)22(31-23)14-8-9-20(28-11-14)33(2)3/h4-11,19,32H,12H2,1-3H3,(H,29,30). The van der Waals surface area contributed by atoms with Crippen molar-refractivity contribution >= 4 is 41.7 Å². The highest BCUT2D eigenvalue weighted by Crippen LogP contribution is 2.36. The lowest BCUT2D eigenvalue weighted by molar-refractivity contribution is 0.274. The molecule has 4 aromatic rings. The first-order chi connectivity index (χ1) is 15.8. The number of pyridine rings is 3. The normalized spacial score (nSPS) is 12.4. The topological polar surface area (TPSA) is 70.9 Å². The minimum absolute atomic E-state index is 0.106. The zero-order valence-corrected chi connectivity index (χ0v) is 19.9. The number of anilines is 1. The number of halogens is 3. The van der Waals surface area contributed by atoms with Crippen LogP contribution in [-0.4, -0.2) is 40.0 Å². The SMILES string of the molecule is Cc1nc2cc(F)c(-c3ccc(P(C)C)nc3)nc2c(NC(CO)c2ccccc2F)c1Cl. The monoisotopic (exact) mass is 486 g/mol. The van der Waals surface area contributed by atoms with Gasteiger partial charge in [-0.05, 0) is 38.5 Å². The molecular weight excluding hydrogens is 465 g/mol. The van der Waals surface area contributed by atoms with Crippen LogP contribution in [0.25, 0.3) is 22.3 Å². The quantitative estimate of drug-likeness (QED) is 0.355. The van der Waals surface area contributed by atoms with Crippen molar-refractivity contribution in [1.82, 2.24) is 15.0 Å². The molecule has 3 aromatic heterocycles. The fourth-order valence-corrected chi connectivity index (χ4v) is 4.39. The summed E-state index contributed by atoms with van der Waals surface area (Å²) < 4.78 is 29.4. The van der Waals surface area contributed by atoms with E-state index < -0.39 is 24.3 Å². The fraction of sp³-hybridized carbons (Fsp3) is 0.208. The molecule has 0 aliphatic rings.